The number of nitrogens with two attached hydrogens (primary N) is 1. The lowest BCUT2D eigenvalue weighted by Crippen LogP contribution is -2.35. The van der Waals surface area contributed by atoms with Gasteiger partial charge in [-0.25, -0.2) is 0 Å². The van der Waals surface area contributed by atoms with E-state index in [0.29, 0.717) is 17.3 Å². The molecule has 4 heteroatoms. The van der Waals surface area contributed by atoms with Crippen LogP contribution < -0.4 is 5.73 Å². The van der Waals surface area contributed by atoms with Crippen molar-refractivity contribution in [3.8, 4) is 0 Å². The second-order valence-corrected chi connectivity index (χ2v) is 4.62. The number of amides is 1. The molecular weight excluding hydrogens is 214 g/mol. The number of hydrogen-bond acceptors (Lipinski definition) is 3. The van der Waals surface area contributed by atoms with Crippen LogP contribution in [0.3, 0.4) is 0 Å². The first-order chi connectivity index (χ1) is 8.13. The molecule has 1 aromatic rings. The molecule has 0 radical (unpaired) electrons. The second kappa shape index (κ2) is 4.73. The van der Waals surface area contributed by atoms with Gasteiger partial charge in [0, 0.05) is 30.2 Å². The predicted octanol–water partition coefficient (Wildman–Crippen LogP) is 1.99. The minimum atomic E-state index is 0.0272. The molecule has 4 nitrogen and oxygen atoms in total. The molecule has 1 aliphatic rings. The van der Waals surface area contributed by atoms with Crippen molar-refractivity contribution in [1.82, 2.24) is 9.88 Å². The lowest BCUT2D eigenvalue weighted by molar-refractivity contribution is 0.0734. The van der Waals surface area contributed by atoms with E-state index in [1.165, 1.54) is 0 Å². The van der Waals surface area contributed by atoms with Crippen LogP contribution in [0.5, 0.6) is 0 Å². The molecule has 1 aliphatic heterocycles. The summed E-state index contributed by atoms with van der Waals surface area (Å²) in [5, 5.41) is 0. The Hall–Kier alpha value is -1.58. The molecule has 92 valence electrons. The highest BCUT2D eigenvalue weighted by Gasteiger charge is 2.29. The van der Waals surface area contributed by atoms with Crippen LogP contribution in [0.1, 0.15) is 42.2 Å². The quantitative estimate of drug-likeness (QED) is 0.849. The number of aryl methyl sites for hydroxylation is 1. The van der Waals surface area contributed by atoms with E-state index in [1.54, 1.807) is 12.3 Å². The van der Waals surface area contributed by atoms with Crippen molar-refractivity contribution in [2.24, 2.45) is 0 Å². The Morgan fingerprint density at radius 3 is 3.06 bits per heavy atom. The van der Waals surface area contributed by atoms with Crippen molar-refractivity contribution in [2.75, 3.05) is 12.3 Å². The molecule has 1 fully saturated rings. The van der Waals surface area contributed by atoms with Crippen molar-refractivity contribution in [3.63, 3.8) is 0 Å². The van der Waals surface area contributed by atoms with Gasteiger partial charge in [0.1, 0.15) is 0 Å². The fourth-order valence-electron chi connectivity index (χ4n) is 2.44. The number of nitrogen functional groups attached to an aromatic ring is 1. The van der Waals surface area contributed by atoms with Crippen LogP contribution in [0.4, 0.5) is 5.69 Å². The molecule has 1 aromatic heterocycles. The summed E-state index contributed by atoms with van der Waals surface area (Å²) in [5.74, 6) is 0.0272. The minimum Gasteiger partial charge on any atom is -0.398 e. The summed E-state index contributed by atoms with van der Waals surface area (Å²) in [4.78, 5) is 18.4. The molecule has 0 spiro atoms. The summed E-state index contributed by atoms with van der Waals surface area (Å²) >= 11 is 0. The number of carbonyl (C=O) groups excluding carboxylic acids is 1. The maximum absolute atomic E-state index is 12.4. The molecule has 0 aromatic carbocycles. The number of aromatic nitrogens is 1. The zero-order valence-electron chi connectivity index (χ0n) is 10.4. The Balaban J connectivity index is 2.24. The SMILES string of the molecule is CCC1CCCN1C(=O)c1cnc(C)cc1N. The summed E-state index contributed by atoms with van der Waals surface area (Å²) < 4.78 is 0. The van der Waals surface area contributed by atoms with Gasteiger partial charge < -0.3 is 10.6 Å². The molecule has 1 atom stereocenters. The van der Waals surface area contributed by atoms with Gasteiger partial charge in [-0.2, -0.15) is 0 Å². The minimum absolute atomic E-state index is 0.0272. The van der Waals surface area contributed by atoms with Crippen molar-refractivity contribution >= 4 is 11.6 Å². The summed E-state index contributed by atoms with van der Waals surface area (Å²) in [6.07, 6.45) is 4.79. The first kappa shape index (κ1) is 11.9. The van der Waals surface area contributed by atoms with E-state index in [1.807, 2.05) is 11.8 Å². The van der Waals surface area contributed by atoms with E-state index in [-0.39, 0.29) is 5.91 Å². The van der Waals surface area contributed by atoms with E-state index in [4.69, 9.17) is 5.73 Å². The van der Waals surface area contributed by atoms with Gasteiger partial charge in [0.15, 0.2) is 0 Å². The van der Waals surface area contributed by atoms with E-state index in [9.17, 15) is 4.79 Å². The molecule has 0 saturated carbocycles. The summed E-state index contributed by atoms with van der Waals surface area (Å²) in [6, 6.07) is 2.12. The summed E-state index contributed by atoms with van der Waals surface area (Å²) in [5.41, 5.74) is 7.80. The van der Waals surface area contributed by atoms with Gasteiger partial charge in [-0.05, 0) is 32.3 Å². The van der Waals surface area contributed by atoms with Gasteiger partial charge in [-0.15, -0.1) is 0 Å². The zero-order valence-corrected chi connectivity index (χ0v) is 10.4. The normalized spacial score (nSPS) is 19.6. The van der Waals surface area contributed by atoms with Crippen LogP contribution in [0.25, 0.3) is 0 Å². The predicted molar refractivity (Wildman–Crippen MR) is 67.7 cm³/mol. The fraction of sp³-hybridized carbons (Fsp3) is 0.538. The largest absolute Gasteiger partial charge is 0.398 e. The van der Waals surface area contributed by atoms with Crippen molar-refractivity contribution in [2.45, 2.75) is 39.2 Å². The molecule has 1 unspecified atom stereocenters. The van der Waals surface area contributed by atoms with Gasteiger partial charge in [0.25, 0.3) is 5.91 Å². The van der Waals surface area contributed by atoms with Crippen LogP contribution >= 0.6 is 0 Å². The van der Waals surface area contributed by atoms with E-state index in [0.717, 1.165) is 31.5 Å². The zero-order chi connectivity index (χ0) is 12.4. The number of nitrogens with zero attached hydrogens (tertiary/aromatic N) is 2. The van der Waals surface area contributed by atoms with Crippen LogP contribution in [0.2, 0.25) is 0 Å². The first-order valence-electron chi connectivity index (χ1n) is 6.16. The Kier molecular flexibility index (Phi) is 3.31. The van der Waals surface area contributed by atoms with Gasteiger partial charge in [-0.3, -0.25) is 9.78 Å². The molecule has 17 heavy (non-hydrogen) atoms. The van der Waals surface area contributed by atoms with Crippen LogP contribution in [0, 0.1) is 6.92 Å². The Morgan fingerprint density at radius 2 is 2.41 bits per heavy atom. The van der Waals surface area contributed by atoms with Gasteiger partial charge in [0.2, 0.25) is 0 Å². The monoisotopic (exact) mass is 233 g/mol. The number of anilines is 1. The first-order valence-corrected chi connectivity index (χ1v) is 6.16. The Bertz CT molecular complexity index is 431. The lowest BCUT2D eigenvalue weighted by Gasteiger charge is -2.24. The topological polar surface area (TPSA) is 59.2 Å². The highest BCUT2D eigenvalue weighted by Crippen LogP contribution is 2.24. The van der Waals surface area contributed by atoms with Crippen LogP contribution in [-0.4, -0.2) is 28.4 Å². The van der Waals surface area contributed by atoms with Gasteiger partial charge in [0.05, 0.1) is 5.56 Å². The van der Waals surface area contributed by atoms with Crippen molar-refractivity contribution in [1.29, 1.82) is 0 Å². The summed E-state index contributed by atoms with van der Waals surface area (Å²) in [6.45, 7) is 4.83. The average molecular weight is 233 g/mol. The highest BCUT2D eigenvalue weighted by molar-refractivity contribution is 5.99. The third-order valence-corrected chi connectivity index (χ3v) is 3.41. The third-order valence-electron chi connectivity index (χ3n) is 3.41. The molecular formula is C13H19N3O. The van der Waals surface area contributed by atoms with E-state index in [2.05, 4.69) is 11.9 Å². The summed E-state index contributed by atoms with van der Waals surface area (Å²) in [7, 11) is 0. The lowest BCUT2D eigenvalue weighted by atomic mass is 10.1. The highest BCUT2D eigenvalue weighted by atomic mass is 16.2. The number of hydrogen-bond donors (Lipinski definition) is 1. The van der Waals surface area contributed by atoms with Gasteiger partial charge in [-0.1, -0.05) is 6.92 Å². The Labute approximate surface area is 102 Å². The number of carbonyl (C=O) groups is 1. The molecule has 0 bridgehead atoms. The van der Waals surface area contributed by atoms with Crippen LogP contribution in [0.15, 0.2) is 12.3 Å². The second-order valence-electron chi connectivity index (χ2n) is 4.62. The maximum Gasteiger partial charge on any atom is 0.257 e. The van der Waals surface area contributed by atoms with E-state index < -0.39 is 0 Å². The molecule has 1 amide bonds. The fourth-order valence-corrected chi connectivity index (χ4v) is 2.44. The van der Waals surface area contributed by atoms with E-state index >= 15 is 0 Å². The number of pyridine rings is 1. The average Bonchev–Trinajstić information content (AvgIpc) is 2.76. The number of rotatable bonds is 2. The van der Waals surface area contributed by atoms with Crippen LogP contribution in [-0.2, 0) is 0 Å². The van der Waals surface area contributed by atoms with Crippen molar-refractivity contribution in [3.05, 3.63) is 23.5 Å². The maximum atomic E-state index is 12.4. The third kappa shape index (κ3) is 2.25. The molecule has 0 aliphatic carbocycles. The standard InChI is InChI=1S/C13H19N3O/c1-3-10-5-4-6-16(10)13(17)11-8-15-9(2)7-12(11)14/h7-8,10H,3-6H2,1-2H3,(H2,14,15). The van der Waals surface area contributed by atoms with Crippen molar-refractivity contribution < 1.29 is 4.79 Å². The molecule has 2 heterocycles. The Morgan fingerprint density at radius 1 is 1.65 bits per heavy atom. The smallest absolute Gasteiger partial charge is 0.257 e. The van der Waals surface area contributed by atoms with Gasteiger partial charge >= 0.3 is 0 Å². The molecule has 2 rings (SSSR count). The molecule has 1 saturated heterocycles. The number of likely N-dealkylation sites (tertiary alicyclic amines) is 1. The molecule has 2 N–H and O–H groups in total.